The number of aryl methyl sites for hydroxylation is 1. The van der Waals surface area contributed by atoms with E-state index in [0.29, 0.717) is 38.2 Å². The van der Waals surface area contributed by atoms with Gasteiger partial charge in [-0.1, -0.05) is 29.8 Å². The number of nitrogens with one attached hydrogen (secondary N) is 1. The molecule has 0 atom stereocenters. The predicted molar refractivity (Wildman–Crippen MR) is 98.6 cm³/mol. The Bertz CT molecular complexity index is 779. The molecule has 0 unspecified atom stereocenters. The third-order valence-electron chi connectivity index (χ3n) is 4.58. The quantitative estimate of drug-likeness (QED) is 0.812. The minimum atomic E-state index is -0.925. The lowest BCUT2D eigenvalue weighted by Gasteiger charge is -2.36. The van der Waals surface area contributed by atoms with Gasteiger partial charge in [0.2, 0.25) is 0 Å². The Labute approximate surface area is 156 Å². The van der Waals surface area contributed by atoms with Gasteiger partial charge in [0.05, 0.1) is 17.0 Å². The molecule has 2 N–H and O–H groups in total. The van der Waals surface area contributed by atoms with E-state index in [0.717, 1.165) is 10.6 Å². The van der Waals surface area contributed by atoms with Crippen molar-refractivity contribution in [3.05, 3.63) is 51.5 Å². The molecular weight excluding hydrogens is 352 g/mol. The molecule has 0 spiro atoms. The number of aliphatic carboxylic acids is 1. The second kappa shape index (κ2) is 7.97. The van der Waals surface area contributed by atoms with Gasteiger partial charge in [0.1, 0.15) is 5.69 Å². The van der Waals surface area contributed by atoms with Gasteiger partial charge < -0.3 is 15.2 Å². The molecule has 1 aromatic carbocycles. The lowest BCUT2D eigenvalue weighted by atomic mass is 9.86. The van der Waals surface area contributed by atoms with Gasteiger partial charge >= 0.3 is 5.97 Å². The van der Waals surface area contributed by atoms with Crippen LogP contribution < -0.4 is 5.32 Å². The zero-order valence-corrected chi connectivity index (χ0v) is 15.5. The van der Waals surface area contributed by atoms with E-state index in [-0.39, 0.29) is 12.3 Å². The zero-order chi connectivity index (χ0) is 18.6. The Morgan fingerprint density at radius 2 is 1.96 bits per heavy atom. The predicted octanol–water partition coefficient (Wildman–Crippen LogP) is 2.80. The molecule has 0 saturated carbocycles. The summed E-state index contributed by atoms with van der Waals surface area (Å²) in [5.41, 5.74) is 1.92. The summed E-state index contributed by atoms with van der Waals surface area (Å²) >= 11 is 1.44. The molecule has 0 aliphatic carbocycles. The number of benzene rings is 1. The average Bonchev–Trinajstić information content (AvgIpc) is 3.06. The van der Waals surface area contributed by atoms with E-state index in [2.05, 4.69) is 34.6 Å². The summed E-state index contributed by atoms with van der Waals surface area (Å²) in [6, 6.07) is 8.22. The molecule has 2 aromatic rings. The van der Waals surface area contributed by atoms with Crippen molar-refractivity contribution in [2.45, 2.75) is 38.1 Å². The fourth-order valence-corrected chi connectivity index (χ4v) is 3.89. The first-order valence-corrected chi connectivity index (χ1v) is 9.46. The summed E-state index contributed by atoms with van der Waals surface area (Å²) in [5, 5.41) is 14.7. The molecule has 1 saturated heterocycles. The number of carbonyl (C=O) groups is 2. The number of amides is 1. The first-order valence-electron chi connectivity index (χ1n) is 8.58. The topological polar surface area (TPSA) is 88.5 Å². The van der Waals surface area contributed by atoms with E-state index in [1.54, 1.807) is 5.38 Å². The molecule has 3 rings (SSSR count). The SMILES string of the molecule is Cc1ccc(Cc2nc(C(=O)NC3(CC(=O)O)CCOCC3)cs2)cc1. The first-order chi connectivity index (χ1) is 12.5. The van der Waals surface area contributed by atoms with Gasteiger partial charge in [-0.25, -0.2) is 4.98 Å². The third-order valence-corrected chi connectivity index (χ3v) is 5.43. The summed E-state index contributed by atoms with van der Waals surface area (Å²) in [4.78, 5) is 28.3. The third kappa shape index (κ3) is 4.68. The molecule has 0 radical (unpaired) electrons. The monoisotopic (exact) mass is 374 g/mol. The maximum Gasteiger partial charge on any atom is 0.305 e. The zero-order valence-electron chi connectivity index (χ0n) is 14.7. The average molecular weight is 374 g/mol. The van der Waals surface area contributed by atoms with Crippen LogP contribution in [0.4, 0.5) is 0 Å². The number of rotatable bonds is 6. The van der Waals surface area contributed by atoms with Crippen LogP contribution in [0.15, 0.2) is 29.6 Å². The van der Waals surface area contributed by atoms with Crippen LogP contribution in [0.1, 0.15) is 45.9 Å². The van der Waals surface area contributed by atoms with Gasteiger partial charge in [-0.3, -0.25) is 9.59 Å². The van der Waals surface area contributed by atoms with Gasteiger partial charge in [-0.2, -0.15) is 0 Å². The molecule has 1 fully saturated rings. The van der Waals surface area contributed by atoms with Crippen molar-refractivity contribution >= 4 is 23.2 Å². The molecular formula is C19H22N2O4S. The summed E-state index contributed by atoms with van der Waals surface area (Å²) < 4.78 is 5.31. The van der Waals surface area contributed by atoms with Crippen molar-refractivity contribution in [2.75, 3.05) is 13.2 Å². The number of ether oxygens (including phenoxy) is 1. The fourth-order valence-electron chi connectivity index (χ4n) is 3.08. The summed E-state index contributed by atoms with van der Waals surface area (Å²) in [6.45, 7) is 2.94. The lowest BCUT2D eigenvalue weighted by molar-refractivity contribution is -0.139. The highest BCUT2D eigenvalue weighted by atomic mass is 32.1. The van der Waals surface area contributed by atoms with Crippen LogP contribution in [0, 0.1) is 6.92 Å². The summed E-state index contributed by atoms with van der Waals surface area (Å²) in [7, 11) is 0. The lowest BCUT2D eigenvalue weighted by Crippen LogP contribution is -2.53. The Kier molecular flexibility index (Phi) is 5.68. The van der Waals surface area contributed by atoms with Crippen LogP contribution in [0.25, 0.3) is 0 Å². The molecule has 26 heavy (non-hydrogen) atoms. The van der Waals surface area contributed by atoms with Crippen LogP contribution in [0.5, 0.6) is 0 Å². The normalized spacial score (nSPS) is 16.2. The number of carbonyl (C=O) groups excluding carboxylic acids is 1. The van der Waals surface area contributed by atoms with E-state index in [1.165, 1.54) is 16.9 Å². The minimum Gasteiger partial charge on any atom is -0.481 e. The Balaban J connectivity index is 1.68. The fraction of sp³-hybridized carbons (Fsp3) is 0.421. The van der Waals surface area contributed by atoms with E-state index >= 15 is 0 Å². The minimum absolute atomic E-state index is 0.109. The van der Waals surface area contributed by atoms with Gasteiger partial charge in [-0.05, 0) is 25.3 Å². The number of thiazole rings is 1. The van der Waals surface area contributed by atoms with Crippen molar-refractivity contribution in [3.8, 4) is 0 Å². The van der Waals surface area contributed by atoms with Gasteiger partial charge in [0.25, 0.3) is 5.91 Å². The van der Waals surface area contributed by atoms with Crippen LogP contribution in [-0.4, -0.2) is 40.7 Å². The highest BCUT2D eigenvalue weighted by Crippen LogP contribution is 2.25. The molecule has 1 aliphatic heterocycles. The number of carboxylic acids is 1. The smallest absolute Gasteiger partial charge is 0.305 e. The van der Waals surface area contributed by atoms with Gasteiger partial charge in [-0.15, -0.1) is 11.3 Å². The molecule has 0 bridgehead atoms. The molecule has 138 valence electrons. The standard InChI is InChI=1S/C19H22N2O4S/c1-13-2-4-14(5-3-13)10-16-20-15(12-26-16)18(24)21-19(11-17(22)23)6-8-25-9-7-19/h2-5,12H,6-11H2,1H3,(H,21,24)(H,22,23). The highest BCUT2D eigenvalue weighted by molar-refractivity contribution is 7.09. The van der Waals surface area contributed by atoms with Crippen molar-refractivity contribution in [2.24, 2.45) is 0 Å². The molecule has 1 amide bonds. The maximum atomic E-state index is 12.6. The Morgan fingerprint density at radius 1 is 1.27 bits per heavy atom. The molecule has 6 nitrogen and oxygen atoms in total. The van der Waals surface area contributed by atoms with Crippen molar-refractivity contribution in [1.82, 2.24) is 10.3 Å². The number of aromatic nitrogens is 1. The van der Waals surface area contributed by atoms with E-state index < -0.39 is 11.5 Å². The molecule has 1 aliphatic rings. The summed E-state index contributed by atoms with van der Waals surface area (Å²) in [6.07, 6.45) is 1.55. The van der Waals surface area contributed by atoms with E-state index in [4.69, 9.17) is 4.74 Å². The van der Waals surface area contributed by atoms with Crippen LogP contribution in [0.3, 0.4) is 0 Å². The van der Waals surface area contributed by atoms with Crippen LogP contribution in [-0.2, 0) is 16.0 Å². The molecule has 2 heterocycles. The van der Waals surface area contributed by atoms with E-state index in [9.17, 15) is 14.7 Å². The Hall–Kier alpha value is -2.25. The molecule has 1 aromatic heterocycles. The Morgan fingerprint density at radius 3 is 2.62 bits per heavy atom. The van der Waals surface area contributed by atoms with E-state index in [1.807, 2.05) is 6.92 Å². The van der Waals surface area contributed by atoms with Gasteiger partial charge in [0.15, 0.2) is 0 Å². The largest absolute Gasteiger partial charge is 0.481 e. The number of hydrogen-bond donors (Lipinski definition) is 2. The number of carboxylic acid groups (broad SMARTS) is 1. The van der Waals surface area contributed by atoms with Crippen molar-refractivity contribution < 1.29 is 19.4 Å². The number of nitrogens with zero attached hydrogens (tertiary/aromatic N) is 1. The van der Waals surface area contributed by atoms with Gasteiger partial charge in [0, 0.05) is 25.0 Å². The van der Waals surface area contributed by atoms with Crippen LogP contribution >= 0.6 is 11.3 Å². The highest BCUT2D eigenvalue weighted by Gasteiger charge is 2.37. The molecule has 7 heteroatoms. The second-order valence-corrected chi connectivity index (χ2v) is 7.65. The number of hydrogen-bond acceptors (Lipinski definition) is 5. The summed E-state index contributed by atoms with van der Waals surface area (Å²) in [5.74, 6) is -1.25. The van der Waals surface area contributed by atoms with Crippen LogP contribution in [0.2, 0.25) is 0 Å². The van der Waals surface area contributed by atoms with Crippen molar-refractivity contribution in [3.63, 3.8) is 0 Å². The maximum absolute atomic E-state index is 12.6. The first kappa shape index (κ1) is 18.5. The second-order valence-electron chi connectivity index (χ2n) is 6.71. The van der Waals surface area contributed by atoms with Crippen molar-refractivity contribution in [1.29, 1.82) is 0 Å².